The van der Waals surface area contributed by atoms with Crippen molar-refractivity contribution in [3.63, 3.8) is 0 Å². The van der Waals surface area contributed by atoms with Crippen LogP contribution in [-0.2, 0) is 65.4 Å². The highest BCUT2D eigenvalue weighted by Crippen LogP contribution is 2.45. The predicted molar refractivity (Wildman–Crippen MR) is 317 cm³/mol. The lowest BCUT2D eigenvalue weighted by Crippen LogP contribution is -2.30. The maximum Gasteiger partial charge on any atom is 0.472 e. The largest absolute Gasteiger partial charge is 0.472 e. The fraction of sp³-hybridized carbons (Fsp3) is 0.869. The summed E-state index contributed by atoms with van der Waals surface area (Å²) < 4.78 is 67.7. The van der Waals surface area contributed by atoms with Gasteiger partial charge in [0, 0.05) is 25.7 Å². The van der Waals surface area contributed by atoms with Crippen LogP contribution in [0, 0.1) is 0 Å². The average Bonchev–Trinajstić information content (AvgIpc) is 3.43. The van der Waals surface area contributed by atoms with E-state index in [0.29, 0.717) is 25.7 Å². The minimum atomic E-state index is -4.95. The second-order valence-corrected chi connectivity index (χ2v) is 24.3. The van der Waals surface area contributed by atoms with Crippen LogP contribution < -0.4 is 0 Å². The number of hydrogen-bond acceptors (Lipinski definition) is 15. The maximum atomic E-state index is 12.9. The second-order valence-electron chi connectivity index (χ2n) is 21.4. The lowest BCUT2D eigenvalue weighted by atomic mass is 10.1. The van der Waals surface area contributed by atoms with Crippen molar-refractivity contribution in [2.45, 2.75) is 303 Å². The van der Waals surface area contributed by atoms with Crippen LogP contribution in [0.15, 0.2) is 24.3 Å². The van der Waals surface area contributed by atoms with Gasteiger partial charge in [0.05, 0.1) is 26.4 Å². The molecule has 3 N–H and O–H groups in total. The van der Waals surface area contributed by atoms with E-state index in [4.69, 9.17) is 37.0 Å². The van der Waals surface area contributed by atoms with Crippen LogP contribution in [0.1, 0.15) is 285 Å². The number of carbonyl (C=O) groups is 4. The molecule has 0 aliphatic carbocycles. The highest BCUT2D eigenvalue weighted by Gasteiger charge is 2.30. The number of aliphatic hydroxyl groups excluding tert-OH is 1. The molecular formula is C61H114O17P2. The van der Waals surface area contributed by atoms with Gasteiger partial charge in [-0.2, -0.15) is 0 Å². The Morgan fingerprint density at radius 1 is 0.350 bits per heavy atom. The lowest BCUT2D eigenvalue weighted by molar-refractivity contribution is -0.161. The van der Waals surface area contributed by atoms with Gasteiger partial charge in [0.25, 0.3) is 0 Å². The molecule has 0 amide bonds. The summed E-state index contributed by atoms with van der Waals surface area (Å²) in [5.41, 5.74) is 0. The van der Waals surface area contributed by atoms with Gasteiger partial charge in [-0.1, -0.05) is 232 Å². The number of ether oxygens (including phenoxy) is 4. The molecule has 0 heterocycles. The molecule has 19 heteroatoms. The maximum absolute atomic E-state index is 12.9. The van der Waals surface area contributed by atoms with Gasteiger partial charge < -0.3 is 33.8 Å². The van der Waals surface area contributed by atoms with Crippen molar-refractivity contribution < 1.29 is 80.2 Å². The SMILES string of the molecule is CCCCCC/C=C\C=C/CCCCCCCC(=O)O[C@H](COC(=O)CCCCCCCCCCC)COP(=O)(O)OC[C@@H](O)COP(=O)(O)OC[C@@H](COC(=O)CCCCCCCCCC)OC(=O)CCCCCCCCCC. The van der Waals surface area contributed by atoms with Crippen LogP contribution in [0.25, 0.3) is 0 Å². The lowest BCUT2D eigenvalue weighted by Gasteiger charge is -2.21. The van der Waals surface area contributed by atoms with E-state index in [9.17, 15) is 43.2 Å². The number of hydrogen-bond donors (Lipinski definition) is 3. The molecule has 0 saturated carbocycles. The van der Waals surface area contributed by atoms with E-state index in [2.05, 4.69) is 52.0 Å². The summed E-state index contributed by atoms with van der Waals surface area (Å²) in [7, 11) is -9.88. The summed E-state index contributed by atoms with van der Waals surface area (Å²) in [4.78, 5) is 71.8. The Morgan fingerprint density at radius 3 is 0.912 bits per heavy atom. The molecule has 0 radical (unpaired) electrons. The Hall–Kier alpha value is -2.46. The molecule has 80 heavy (non-hydrogen) atoms. The summed E-state index contributed by atoms with van der Waals surface area (Å²) in [5.74, 6) is -2.17. The van der Waals surface area contributed by atoms with Gasteiger partial charge in [-0.3, -0.25) is 37.3 Å². The van der Waals surface area contributed by atoms with Gasteiger partial charge >= 0.3 is 39.5 Å². The van der Waals surface area contributed by atoms with E-state index >= 15 is 0 Å². The van der Waals surface area contributed by atoms with Crippen LogP contribution in [0.4, 0.5) is 0 Å². The van der Waals surface area contributed by atoms with E-state index in [1.165, 1.54) is 89.9 Å². The Balaban J connectivity index is 5.23. The molecular weight excluding hydrogens is 1070 g/mol. The van der Waals surface area contributed by atoms with E-state index in [1.54, 1.807) is 0 Å². The molecule has 0 rings (SSSR count). The summed E-state index contributed by atoms with van der Waals surface area (Å²) in [6.07, 6.45) is 42.6. The van der Waals surface area contributed by atoms with Crippen molar-refractivity contribution in [1.29, 1.82) is 0 Å². The van der Waals surface area contributed by atoms with Crippen molar-refractivity contribution in [3.05, 3.63) is 24.3 Å². The monoisotopic (exact) mass is 1180 g/mol. The first-order chi connectivity index (χ1) is 38.7. The number of phosphoric ester groups is 2. The van der Waals surface area contributed by atoms with Crippen molar-refractivity contribution >= 4 is 39.5 Å². The molecule has 0 aromatic heterocycles. The molecule has 0 spiro atoms. The van der Waals surface area contributed by atoms with Gasteiger partial charge in [0.1, 0.15) is 19.3 Å². The zero-order valence-corrected chi connectivity index (χ0v) is 52.3. The molecule has 0 saturated heterocycles. The zero-order chi connectivity index (χ0) is 59.1. The Bertz CT molecular complexity index is 1640. The highest BCUT2D eigenvalue weighted by molar-refractivity contribution is 7.47. The van der Waals surface area contributed by atoms with Gasteiger partial charge in [-0.05, 0) is 51.4 Å². The summed E-state index contributed by atoms with van der Waals surface area (Å²) in [6.45, 7) is 4.73. The summed E-state index contributed by atoms with van der Waals surface area (Å²) >= 11 is 0. The molecule has 0 aliphatic heterocycles. The van der Waals surface area contributed by atoms with Crippen LogP contribution >= 0.6 is 15.6 Å². The van der Waals surface area contributed by atoms with Crippen molar-refractivity contribution in [2.75, 3.05) is 39.6 Å². The summed E-state index contributed by atoms with van der Waals surface area (Å²) in [5, 5.41) is 10.5. The first kappa shape index (κ1) is 77.5. The molecule has 0 bridgehead atoms. The number of phosphoric acid groups is 2. The molecule has 2 unspecified atom stereocenters. The predicted octanol–water partition coefficient (Wildman–Crippen LogP) is 16.3. The molecule has 5 atom stereocenters. The number of carbonyl (C=O) groups excluding carboxylic acids is 4. The topological polar surface area (TPSA) is 237 Å². The smallest absolute Gasteiger partial charge is 0.462 e. The first-order valence-electron chi connectivity index (χ1n) is 31.6. The first-order valence-corrected chi connectivity index (χ1v) is 34.6. The highest BCUT2D eigenvalue weighted by atomic mass is 31.2. The van der Waals surface area contributed by atoms with Gasteiger partial charge in [-0.25, -0.2) is 9.13 Å². The zero-order valence-electron chi connectivity index (χ0n) is 50.5. The normalized spacial score (nSPS) is 14.4. The molecule has 0 fully saturated rings. The number of esters is 4. The van der Waals surface area contributed by atoms with Crippen molar-refractivity contribution in [1.82, 2.24) is 0 Å². The quantitative estimate of drug-likeness (QED) is 0.0169. The molecule has 17 nitrogen and oxygen atoms in total. The number of rotatable bonds is 60. The number of aliphatic hydroxyl groups is 1. The third-order valence-corrected chi connectivity index (χ3v) is 15.4. The van der Waals surface area contributed by atoms with Crippen LogP contribution in [0.2, 0.25) is 0 Å². The van der Waals surface area contributed by atoms with Crippen LogP contribution in [-0.4, -0.2) is 96.7 Å². The van der Waals surface area contributed by atoms with E-state index in [-0.39, 0.29) is 25.7 Å². The minimum Gasteiger partial charge on any atom is -0.462 e. The van der Waals surface area contributed by atoms with E-state index in [1.807, 2.05) is 0 Å². The van der Waals surface area contributed by atoms with Gasteiger partial charge in [-0.15, -0.1) is 0 Å². The second kappa shape index (κ2) is 55.7. The third-order valence-electron chi connectivity index (χ3n) is 13.5. The van der Waals surface area contributed by atoms with Crippen molar-refractivity contribution in [2.24, 2.45) is 0 Å². The number of unbranched alkanes of at least 4 members (excludes halogenated alkanes) is 31. The fourth-order valence-electron chi connectivity index (χ4n) is 8.56. The fourth-order valence-corrected chi connectivity index (χ4v) is 10.1. The van der Waals surface area contributed by atoms with E-state index in [0.717, 1.165) is 116 Å². The Morgan fingerprint density at radius 2 is 0.600 bits per heavy atom. The number of allylic oxidation sites excluding steroid dienone is 4. The average molecular weight is 1180 g/mol. The molecule has 0 aromatic carbocycles. The summed E-state index contributed by atoms with van der Waals surface area (Å²) in [6, 6.07) is 0. The van der Waals surface area contributed by atoms with Crippen molar-refractivity contribution in [3.8, 4) is 0 Å². The standard InChI is InChI=1S/C61H114O17P2/c1-5-9-13-17-21-25-26-27-28-29-30-32-36-40-44-48-61(66)78-57(52-72-59(64)46-42-38-35-31-22-18-14-10-6-2)54-76-80(69,70)74-50-55(62)49-73-79(67,68)75-53-56(77-60(65)47-43-39-34-24-20-16-12-8-4)51-71-58(63)45-41-37-33-23-19-15-11-7-3/h25-28,55-57,62H,5-24,29-54H2,1-4H3,(H,67,68)(H,69,70)/b26-25-,28-27-/t55-,56+,57+/m0/s1. The van der Waals surface area contributed by atoms with Crippen LogP contribution in [0.3, 0.4) is 0 Å². The molecule has 0 aromatic rings. The van der Waals surface area contributed by atoms with Gasteiger partial charge in [0.15, 0.2) is 12.2 Å². The Kier molecular flexibility index (Phi) is 54.0. The van der Waals surface area contributed by atoms with Crippen LogP contribution in [0.5, 0.6) is 0 Å². The molecule has 470 valence electrons. The molecule has 0 aliphatic rings. The Labute approximate surface area is 484 Å². The van der Waals surface area contributed by atoms with E-state index < -0.39 is 97.5 Å². The third kappa shape index (κ3) is 54.8. The minimum absolute atomic E-state index is 0.0851. The van der Waals surface area contributed by atoms with Gasteiger partial charge in [0.2, 0.25) is 0 Å².